The molecule has 30 heavy (non-hydrogen) atoms. The largest absolute Gasteiger partial charge is 0.484 e. The van der Waals surface area contributed by atoms with Gasteiger partial charge in [0, 0.05) is 32.7 Å². The van der Waals surface area contributed by atoms with Crippen LogP contribution in [0.3, 0.4) is 0 Å². The molecule has 1 fully saturated rings. The molecule has 0 bridgehead atoms. The molecule has 1 saturated heterocycles. The third-order valence-electron chi connectivity index (χ3n) is 5.07. The van der Waals surface area contributed by atoms with Crippen molar-refractivity contribution in [3.05, 3.63) is 23.2 Å². The maximum Gasteiger partial charge on any atom is 0.280 e. The molecule has 2 aromatic rings. The van der Waals surface area contributed by atoms with E-state index in [0.717, 1.165) is 49.5 Å². The predicted molar refractivity (Wildman–Crippen MR) is 117 cm³/mol. The Bertz CT molecular complexity index is 847. The van der Waals surface area contributed by atoms with Gasteiger partial charge in [-0.2, -0.15) is 0 Å². The lowest BCUT2D eigenvalue weighted by Gasteiger charge is -2.26. The molecule has 0 saturated carbocycles. The van der Waals surface area contributed by atoms with Crippen LogP contribution in [0.25, 0.3) is 10.2 Å². The molecule has 164 valence electrons. The first-order chi connectivity index (χ1) is 14.6. The Hall–Kier alpha value is -2.23. The highest BCUT2D eigenvalue weighted by Gasteiger charge is 2.15. The molecule has 1 aromatic heterocycles. The number of carbonyl (C=O) groups excluding carboxylic acids is 2. The van der Waals surface area contributed by atoms with Crippen molar-refractivity contribution < 1.29 is 19.1 Å². The summed E-state index contributed by atoms with van der Waals surface area (Å²) in [5.41, 5.74) is 0.751. The topological polar surface area (TPSA) is 84.0 Å². The molecule has 2 heterocycles. The Labute approximate surface area is 181 Å². The number of benzene rings is 1. The molecule has 9 heteroatoms. The Kier molecular flexibility index (Phi) is 8.41. The van der Waals surface area contributed by atoms with Gasteiger partial charge < -0.3 is 19.7 Å². The van der Waals surface area contributed by atoms with E-state index in [0.29, 0.717) is 30.4 Å². The van der Waals surface area contributed by atoms with E-state index >= 15 is 0 Å². The van der Waals surface area contributed by atoms with Crippen molar-refractivity contribution in [1.82, 2.24) is 20.1 Å². The zero-order chi connectivity index (χ0) is 21.3. The van der Waals surface area contributed by atoms with Crippen molar-refractivity contribution in [1.29, 1.82) is 0 Å². The Morgan fingerprint density at radius 3 is 2.77 bits per heavy atom. The molecule has 0 radical (unpaired) electrons. The fourth-order valence-electron chi connectivity index (χ4n) is 3.31. The zero-order valence-corrected chi connectivity index (χ0v) is 18.5. The number of morpholine rings is 1. The van der Waals surface area contributed by atoms with Crippen LogP contribution >= 0.6 is 11.3 Å². The fourth-order valence-corrected chi connectivity index (χ4v) is 4.22. The average Bonchev–Trinajstić information content (AvgIpc) is 3.20. The van der Waals surface area contributed by atoms with Crippen LogP contribution in [-0.4, -0.2) is 85.7 Å². The van der Waals surface area contributed by atoms with E-state index in [1.54, 1.807) is 11.0 Å². The highest BCUT2D eigenvalue weighted by molar-refractivity contribution is 7.20. The molecular weight excluding hydrogens is 404 g/mol. The molecule has 1 aliphatic rings. The van der Waals surface area contributed by atoms with Gasteiger partial charge in [-0.05, 0) is 45.0 Å². The Morgan fingerprint density at radius 1 is 1.27 bits per heavy atom. The summed E-state index contributed by atoms with van der Waals surface area (Å²) in [6.07, 6.45) is 0.898. The Morgan fingerprint density at radius 2 is 2.03 bits per heavy atom. The van der Waals surface area contributed by atoms with Gasteiger partial charge in [-0.15, -0.1) is 11.3 Å². The summed E-state index contributed by atoms with van der Waals surface area (Å²) in [7, 11) is 0. The molecule has 1 aromatic carbocycles. The first-order valence-corrected chi connectivity index (χ1v) is 11.3. The van der Waals surface area contributed by atoms with Crippen molar-refractivity contribution in [2.45, 2.75) is 20.3 Å². The molecule has 1 N–H and O–H groups in total. The minimum absolute atomic E-state index is 0.00246. The van der Waals surface area contributed by atoms with Crippen LogP contribution in [0.1, 0.15) is 30.1 Å². The second kappa shape index (κ2) is 11.2. The van der Waals surface area contributed by atoms with Gasteiger partial charge in [0.25, 0.3) is 11.8 Å². The van der Waals surface area contributed by atoms with Crippen LogP contribution in [0.5, 0.6) is 5.75 Å². The minimum atomic E-state index is -0.155. The average molecular weight is 435 g/mol. The summed E-state index contributed by atoms with van der Waals surface area (Å²) in [5.74, 6) is 0.406. The van der Waals surface area contributed by atoms with Crippen LogP contribution < -0.4 is 10.1 Å². The number of likely N-dealkylation sites (N-methyl/N-ethyl adjacent to an activating group) is 1. The number of thiazole rings is 1. The Balaban J connectivity index is 1.49. The number of fused-ring (bicyclic) bond motifs is 1. The van der Waals surface area contributed by atoms with Crippen LogP contribution in [0, 0.1) is 0 Å². The van der Waals surface area contributed by atoms with Gasteiger partial charge in [0.1, 0.15) is 5.75 Å². The molecule has 0 unspecified atom stereocenters. The lowest BCUT2D eigenvalue weighted by molar-refractivity contribution is -0.132. The molecular formula is C21H30N4O4S. The number of carbonyl (C=O) groups is 2. The predicted octanol–water partition coefficient (Wildman–Crippen LogP) is 2.00. The van der Waals surface area contributed by atoms with Gasteiger partial charge in [-0.1, -0.05) is 0 Å². The van der Waals surface area contributed by atoms with E-state index < -0.39 is 0 Å². The first kappa shape index (κ1) is 22.5. The van der Waals surface area contributed by atoms with Crippen LogP contribution in [0.15, 0.2) is 18.2 Å². The quantitative estimate of drug-likeness (QED) is 0.576. The first-order valence-electron chi connectivity index (χ1n) is 10.5. The number of aromatic nitrogens is 1. The summed E-state index contributed by atoms with van der Waals surface area (Å²) >= 11 is 1.33. The van der Waals surface area contributed by atoms with Crippen molar-refractivity contribution in [2.24, 2.45) is 0 Å². The highest BCUT2D eigenvalue weighted by Crippen LogP contribution is 2.26. The van der Waals surface area contributed by atoms with Gasteiger partial charge in [0.2, 0.25) is 0 Å². The van der Waals surface area contributed by atoms with Gasteiger partial charge >= 0.3 is 0 Å². The SMILES string of the molecule is CCN(CC)C(=O)COc1ccc2nc(C(=O)NCCCN3CCOCC3)sc2c1. The van der Waals surface area contributed by atoms with E-state index in [2.05, 4.69) is 15.2 Å². The second-order valence-corrected chi connectivity index (χ2v) is 8.10. The van der Waals surface area contributed by atoms with Gasteiger partial charge in [0.15, 0.2) is 11.6 Å². The number of hydrogen-bond donors (Lipinski definition) is 1. The van der Waals surface area contributed by atoms with E-state index in [1.165, 1.54) is 11.3 Å². The number of nitrogens with one attached hydrogen (secondary N) is 1. The smallest absolute Gasteiger partial charge is 0.280 e. The van der Waals surface area contributed by atoms with Gasteiger partial charge in [-0.3, -0.25) is 14.5 Å². The molecule has 0 atom stereocenters. The highest BCUT2D eigenvalue weighted by atomic mass is 32.1. The molecule has 0 spiro atoms. The van der Waals surface area contributed by atoms with Gasteiger partial charge in [0.05, 0.1) is 23.4 Å². The van der Waals surface area contributed by atoms with Crippen molar-refractivity contribution >= 4 is 33.4 Å². The number of ether oxygens (including phenoxy) is 2. The molecule has 8 nitrogen and oxygen atoms in total. The lowest BCUT2D eigenvalue weighted by atomic mass is 10.3. The van der Waals surface area contributed by atoms with Crippen molar-refractivity contribution in [3.8, 4) is 5.75 Å². The molecule has 3 rings (SSSR count). The number of hydrogen-bond acceptors (Lipinski definition) is 7. The standard InChI is InChI=1S/C21H30N4O4S/c1-3-25(4-2)19(26)15-29-16-6-7-17-18(14-16)30-21(23-17)20(27)22-8-5-9-24-10-12-28-13-11-24/h6-7,14H,3-5,8-13,15H2,1-2H3,(H,22,27). The lowest BCUT2D eigenvalue weighted by Crippen LogP contribution is -2.38. The van der Waals surface area contributed by atoms with E-state index in [9.17, 15) is 9.59 Å². The van der Waals surface area contributed by atoms with Crippen LogP contribution in [0.4, 0.5) is 0 Å². The van der Waals surface area contributed by atoms with E-state index in [4.69, 9.17) is 9.47 Å². The number of amides is 2. The van der Waals surface area contributed by atoms with Crippen molar-refractivity contribution in [2.75, 3.05) is 59.1 Å². The maximum atomic E-state index is 12.4. The normalized spacial score (nSPS) is 14.6. The van der Waals surface area contributed by atoms with Crippen LogP contribution in [0.2, 0.25) is 0 Å². The second-order valence-electron chi connectivity index (χ2n) is 7.07. The summed E-state index contributed by atoms with van der Waals surface area (Å²) in [6, 6.07) is 5.43. The zero-order valence-electron chi connectivity index (χ0n) is 17.7. The van der Waals surface area contributed by atoms with Gasteiger partial charge in [-0.25, -0.2) is 4.98 Å². The number of nitrogens with zero attached hydrogens (tertiary/aromatic N) is 3. The van der Waals surface area contributed by atoms with E-state index in [-0.39, 0.29) is 18.4 Å². The fraction of sp³-hybridized carbons (Fsp3) is 0.571. The van der Waals surface area contributed by atoms with Crippen molar-refractivity contribution in [3.63, 3.8) is 0 Å². The van der Waals surface area contributed by atoms with Crippen LogP contribution in [-0.2, 0) is 9.53 Å². The monoisotopic (exact) mass is 434 g/mol. The summed E-state index contributed by atoms with van der Waals surface area (Å²) < 4.78 is 11.8. The summed E-state index contributed by atoms with van der Waals surface area (Å²) in [5, 5.41) is 3.39. The minimum Gasteiger partial charge on any atom is -0.484 e. The molecule has 2 amide bonds. The summed E-state index contributed by atoms with van der Waals surface area (Å²) in [6.45, 7) is 10.3. The molecule has 1 aliphatic heterocycles. The third kappa shape index (κ3) is 6.13. The number of rotatable bonds is 10. The van der Waals surface area contributed by atoms with E-state index in [1.807, 2.05) is 26.0 Å². The maximum absolute atomic E-state index is 12.4. The summed E-state index contributed by atoms with van der Waals surface area (Å²) in [4.78, 5) is 33.0. The third-order valence-corrected chi connectivity index (χ3v) is 6.09. The molecule has 0 aliphatic carbocycles.